The SMILES string of the molecule is Cc1ccc(CC(C)C=O)cc1Cl. The monoisotopic (exact) mass is 196 g/mol. The Balaban J connectivity index is 2.79. The van der Waals surface area contributed by atoms with Gasteiger partial charge in [0.1, 0.15) is 6.29 Å². The Kier molecular flexibility index (Phi) is 3.49. The summed E-state index contributed by atoms with van der Waals surface area (Å²) in [6, 6.07) is 5.92. The van der Waals surface area contributed by atoms with Gasteiger partial charge in [-0.1, -0.05) is 30.7 Å². The van der Waals surface area contributed by atoms with Crippen LogP contribution in [0.15, 0.2) is 18.2 Å². The molecule has 0 aliphatic heterocycles. The highest BCUT2D eigenvalue weighted by Crippen LogP contribution is 2.18. The summed E-state index contributed by atoms with van der Waals surface area (Å²) in [5, 5.41) is 0.774. The highest BCUT2D eigenvalue weighted by atomic mass is 35.5. The van der Waals surface area contributed by atoms with Crippen molar-refractivity contribution in [2.75, 3.05) is 0 Å². The van der Waals surface area contributed by atoms with Crippen molar-refractivity contribution in [2.45, 2.75) is 20.3 Å². The molecule has 0 saturated heterocycles. The lowest BCUT2D eigenvalue weighted by Crippen LogP contribution is -2.00. The fourth-order valence-corrected chi connectivity index (χ4v) is 1.39. The number of hydrogen-bond acceptors (Lipinski definition) is 1. The van der Waals surface area contributed by atoms with Crippen LogP contribution in [0.2, 0.25) is 5.02 Å². The van der Waals surface area contributed by atoms with E-state index in [2.05, 4.69) is 0 Å². The second-order valence-corrected chi connectivity index (χ2v) is 3.81. The molecule has 0 aromatic heterocycles. The summed E-state index contributed by atoms with van der Waals surface area (Å²) in [5.41, 5.74) is 2.19. The fraction of sp³-hybridized carbons (Fsp3) is 0.364. The first kappa shape index (κ1) is 10.3. The molecule has 0 N–H and O–H groups in total. The maximum atomic E-state index is 10.4. The van der Waals surface area contributed by atoms with Crippen molar-refractivity contribution >= 4 is 17.9 Å². The molecule has 1 unspecified atom stereocenters. The van der Waals surface area contributed by atoms with Crippen molar-refractivity contribution in [1.82, 2.24) is 0 Å². The topological polar surface area (TPSA) is 17.1 Å². The van der Waals surface area contributed by atoms with E-state index >= 15 is 0 Å². The average Bonchev–Trinajstić information content (AvgIpc) is 2.11. The van der Waals surface area contributed by atoms with Gasteiger partial charge in [-0.15, -0.1) is 0 Å². The number of carbonyl (C=O) groups is 1. The summed E-state index contributed by atoms with van der Waals surface area (Å²) >= 11 is 5.95. The average molecular weight is 197 g/mol. The summed E-state index contributed by atoms with van der Waals surface area (Å²) in [6.45, 7) is 3.87. The van der Waals surface area contributed by atoms with E-state index in [1.165, 1.54) is 0 Å². The second-order valence-electron chi connectivity index (χ2n) is 3.40. The van der Waals surface area contributed by atoms with Gasteiger partial charge in [0.2, 0.25) is 0 Å². The molecule has 1 aromatic rings. The lowest BCUT2D eigenvalue weighted by atomic mass is 10.0. The zero-order chi connectivity index (χ0) is 9.84. The Bertz CT molecular complexity index is 307. The van der Waals surface area contributed by atoms with Crippen LogP contribution >= 0.6 is 11.6 Å². The van der Waals surface area contributed by atoms with E-state index in [1.54, 1.807) is 0 Å². The third-order valence-corrected chi connectivity index (χ3v) is 2.43. The minimum atomic E-state index is 0.0683. The van der Waals surface area contributed by atoms with E-state index in [0.717, 1.165) is 28.9 Å². The van der Waals surface area contributed by atoms with Crippen LogP contribution in [0.3, 0.4) is 0 Å². The van der Waals surface area contributed by atoms with Gasteiger partial charge in [-0.3, -0.25) is 0 Å². The lowest BCUT2D eigenvalue weighted by molar-refractivity contribution is -0.110. The van der Waals surface area contributed by atoms with Crippen molar-refractivity contribution in [1.29, 1.82) is 0 Å². The molecule has 0 fully saturated rings. The Morgan fingerprint density at radius 3 is 2.77 bits per heavy atom. The smallest absolute Gasteiger partial charge is 0.123 e. The van der Waals surface area contributed by atoms with Crippen molar-refractivity contribution in [2.24, 2.45) is 5.92 Å². The maximum Gasteiger partial charge on any atom is 0.123 e. The molecule has 0 aliphatic rings. The summed E-state index contributed by atoms with van der Waals surface area (Å²) in [7, 11) is 0. The molecular formula is C11H13ClO. The molecule has 0 spiro atoms. The van der Waals surface area contributed by atoms with E-state index in [9.17, 15) is 4.79 Å². The number of carbonyl (C=O) groups excluding carboxylic acids is 1. The van der Waals surface area contributed by atoms with E-state index in [4.69, 9.17) is 11.6 Å². The van der Waals surface area contributed by atoms with E-state index < -0.39 is 0 Å². The summed E-state index contributed by atoms with van der Waals surface area (Å²) < 4.78 is 0. The van der Waals surface area contributed by atoms with E-state index in [1.807, 2.05) is 32.0 Å². The predicted octanol–water partition coefficient (Wildman–Crippen LogP) is 3.03. The van der Waals surface area contributed by atoms with Gasteiger partial charge in [-0.2, -0.15) is 0 Å². The highest BCUT2D eigenvalue weighted by Gasteiger charge is 2.03. The molecule has 70 valence electrons. The van der Waals surface area contributed by atoms with Crippen LogP contribution in [0.1, 0.15) is 18.1 Å². The molecule has 0 aliphatic carbocycles. The molecule has 0 heterocycles. The van der Waals surface area contributed by atoms with Gasteiger partial charge in [-0.25, -0.2) is 0 Å². The molecule has 0 bridgehead atoms. The molecular weight excluding hydrogens is 184 g/mol. The third-order valence-electron chi connectivity index (χ3n) is 2.03. The standard InChI is InChI=1S/C11H13ClO/c1-8(7-13)5-10-4-3-9(2)11(12)6-10/h3-4,6-8H,5H2,1-2H3. The molecule has 0 amide bonds. The summed E-state index contributed by atoms with van der Waals surface area (Å²) in [5.74, 6) is 0.0683. The first-order valence-electron chi connectivity index (χ1n) is 4.34. The zero-order valence-corrected chi connectivity index (χ0v) is 8.64. The summed E-state index contributed by atoms with van der Waals surface area (Å²) in [6.07, 6.45) is 1.73. The van der Waals surface area contributed by atoms with Gasteiger partial charge in [0.05, 0.1) is 0 Å². The van der Waals surface area contributed by atoms with Crippen LogP contribution in [0.5, 0.6) is 0 Å². The zero-order valence-electron chi connectivity index (χ0n) is 7.88. The minimum Gasteiger partial charge on any atom is -0.303 e. The molecule has 1 aromatic carbocycles. The van der Waals surface area contributed by atoms with Crippen LogP contribution in [-0.4, -0.2) is 6.29 Å². The lowest BCUT2D eigenvalue weighted by Gasteiger charge is -2.05. The fourth-order valence-electron chi connectivity index (χ4n) is 1.18. The van der Waals surface area contributed by atoms with Gasteiger partial charge in [-0.05, 0) is 30.5 Å². The van der Waals surface area contributed by atoms with E-state index in [0.29, 0.717) is 0 Å². The van der Waals surface area contributed by atoms with E-state index in [-0.39, 0.29) is 5.92 Å². The Hall–Kier alpha value is -0.820. The van der Waals surface area contributed by atoms with Gasteiger partial charge < -0.3 is 4.79 Å². The highest BCUT2D eigenvalue weighted by molar-refractivity contribution is 6.31. The van der Waals surface area contributed by atoms with Crippen molar-refractivity contribution in [3.63, 3.8) is 0 Å². The Labute approximate surface area is 83.7 Å². The molecule has 1 nitrogen and oxygen atoms in total. The molecule has 1 rings (SSSR count). The predicted molar refractivity (Wildman–Crippen MR) is 55.1 cm³/mol. The quantitative estimate of drug-likeness (QED) is 0.680. The van der Waals surface area contributed by atoms with Crippen LogP contribution in [0.25, 0.3) is 0 Å². The number of hydrogen-bond donors (Lipinski definition) is 0. The van der Waals surface area contributed by atoms with Gasteiger partial charge in [0.25, 0.3) is 0 Å². The first-order valence-corrected chi connectivity index (χ1v) is 4.71. The van der Waals surface area contributed by atoms with Crippen molar-refractivity contribution in [3.05, 3.63) is 34.3 Å². The maximum absolute atomic E-state index is 10.4. The number of benzene rings is 1. The first-order chi connectivity index (χ1) is 6.13. The normalized spacial score (nSPS) is 12.5. The number of aldehydes is 1. The summed E-state index contributed by atoms with van der Waals surface area (Å²) in [4.78, 5) is 10.4. The third kappa shape index (κ3) is 2.85. The van der Waals surface area contributed by atoms with Crippen LogP contribution in [-0.2, 0) is 11.2 Å². The molecule has 2 heteroatoms. The molecule has 1 atom stereocenters. The molecule has 0 radical (unpaired) electrons. The van der Waals surface area contributed by atoms with Crippen LogP contribution < -0.4 is 0 Å². The number of rotatable bonds is 3. The van der Waals surface area contributed by atoms with Crippen LogP contribution in [0.4, 0.5) is 0 Å². The van der Waals surface area contributed by atoms with Gasteiger partial charge in [0.15, 0.2) is 0 Å². The Morgan fingerprint density at radius 1 is 1.54 bits per heavy atom. The second kappa shape index (κ2) is 4.43. The number of halogens is 1. The van der Waals surface area contributed by atoms with Gasteiger partial charge in [0, 0.05) is 10.9 Å². The van der Waals surface area contributed by atoms with Gasteiger partial charge >= 0.3 is 0 Å². The molecule has 0 saturated carbocycles. The minimum absolute atomic E-state index is 0.0683. The Morgan fingerprint density at radius 2 is 2.23 bits per heavy atom. The van der Waals surface area contributed by atoms with Crippen LogP contribution in [0, 0.1) is 12.8 Å². The van der Waals surface area contributed by atoms with Crippen molar-refractivity contribution in [3.8, 4) is 0 Å². The number of aryl methyl sites for hydroxylation is 1. The van der Waals surface area contributed by atoms with Crippen molar-refractivity contribution < 1.29 is 4.79 Å². The largest absolute Gasteiger partial charge is 0.303 e. The molecule has 13 heavy (non-hydrogen) atoms.